The predicted octanol–water partition coefficient (Wildman–Crippen LogP) is 0.590. The van der Waals surface area contributed by atoms with Gasteiger partial charge in [-0.3, -0.25) is 19.7 Å². The number of anilines is 1. The van der Waals surface area contributed by atoms with Gasteiger partial charge in [-0.25, -0.2) is 0 Å². The van der Waals surface area contributed by atoms with E-state index in [1.54, 1.807) is 4.90 Å². The number of hydrogen-bond donors (Lipinski definition) is 1. The van der Waals surface area contributed by atoms with Crippen molar-refractivity contribution in [1.82, 2.24) is 15.1 Å². The Morgan fingerprint density at radius 1 is 1.12 bits per heavy atom. The summed E-state index contributed by atoms with van der Waals surface area (Å²) in [7, 11) is 0. The van der Waals surface area contributed by atoms with Crippen molar-refractivity contribution in [3.63, 3.8) is 0 Å². The predicted molar refractivity (Wildman–Crippen MR) is 96.8 cm³/mol. The number of carbonyl (C=O) groups is 3. The third kappa shape index (κ3) is 2.86. The fourth-order valence-corrected chi connectivity index (χ4v) is 4.17. The summed E-state index contributed by atoms with van der Waals surface area (Å²) in [5.74, 6) is -0.728. The highest BCUT2D eigenvalue weighted by atomic mass is 16.2. The van der Waals surface area contributed by atoms with E-state index < -0.39 is 6.04 Å². The van der Waals surface area contributed by atoms with Crippen molar-refractivity contribution in [2.24, 2.45) is 0 Å². The Morgan fingerprint density at radius 3 is 2.58 bits per heavy atom. The lowest BCUT2D eigenvalue weighted by molar-refractivity contribution is -0.136. The minimum atomic E-state index is -0.558. The number of hydrogen-bond acceptors (Lipinski definition) is 5. The maximum Gasteiger partial charge on any atom is 0.255 e. The minimum absolute atomic E-state index is 0.108. The Labute approximate surface area is 152 Å². The maximum absolute atomic E-state index is 12.9. The van der Waals surface area contributed by atoms with Crippen LogP contribution >= 0.6 is 0 Å². The monoisotopic (exact) mass is 356 g/mol. The van der Waals surface area contributed by atoms with Gasteiger partial charge in [0.2, 0.25) is 11.8 Å². The van der Waals surface area contributed by atoms with E-state index in [0.717, 1.165) is 44.0 Å². The maximum atomic E-state index is 12.9. The lowest BCUT2D eigenvalue weighted by atomic mass is 10.0. The average molecular weight is 356 g/mol. The van der Waals surface area contributed by atoms with Gasteiger partial charge in [-0.05, 0) is 25.1 Å². The van der Waals surface area contributed by atoms with Gasteiger partial charge in [-0.1, -0.05) is 13.0 Å². The molecule has 7 nitrogen and oxygen atoms in total. The standard InChI is InChI=1S/C19H24N4O3/c1-2-21-8-10-22(11-9-21)15-5-3-4-13-14(15)12-23(19(13)26)16-6-7-17(24)20-18(16)25/h3-5,16H,2,6-12H2,1H3,(H,20,24,25). The number of nitrogens with one attached hydrogen (secondary N) is 1. The van der Waals surface area contributed by atoms with Crippen molar-refractivity contribution in [2.75, 3.05) is 37.6 Å². The van der Waals surface area contributed by atoms with Crippen molar-refractivity contribution < 1.29 is 14.4 Å². The summed E-state index contributed by atoms with van der Waals surface area (Å²) in [6, 6.07) is 5.28. The van der Waals surface area contributed by atoms with Crippen LogP contribution in [0.2, 0.25) is 0 Å². The van der Waals surface area contributed by atoms with Gasteiger partial charge in [0.05, 0.1) is 0 Å². The number of benzene rings is 1. The zero-order valence-electron chi connectivity index (χ0n) is 15.0. The van der Waals surface area contributed by atoms with Crippen LogP contribution in [-0.2, 0) is 16.1 Å². The number of piperidine rings is 1. The van der Waals surface area contributed by atoms with E-state index in [0.29, 0.717) is 18.5 Å². The van der Waals surface area contributed by atoms with Crippen LogP contribution in [0.1, 0.15) is 35.7 Å². The molecule has 3 aliphatic heterocycles. The van der Waals surface area contributed by atoms with Crippen molar-refractivity contribution in [3.8, 4) is 0 Å². The van der Waals surface area contributed by atoms with Crippen LogP contribution in [0, 0.1) is 0 Å². The molecule has 7 heteroatoms. The Hall–Kier alpha value is -2.41. The molecule has 3 heterocycles. The first-order valence-corrected chi connectivity index (χ1v) is 9.32. The molecule has 4 rings (SSSR count). The highest BCUT2D eigenvalue weighted by Gasteiger charge is 2.40. The fourth-order valence-electron chi connectivity index (χ4n) is 4.17. The molecule has 3 aliphatic rings. The first-order chi connectivity index (χ1) is 12.6. The fraction of sp³-hybridized carbons (Fsp3) is 0.526. The molecular formula is C19H24N4O3. The molecule has 1 N–H and O–H groups in total. The second kappa shape index (κ2) is 6.72. The number of fused-ring (bicyclic) bond motifs is 1. The molecular weight excluding hydrogens is 332 g/mol. The van der Waals surface area contributed by atoms with E-state index in [4.69, 9.17) is 0 Å². The minimum Gasteiger partial charge on any atom is -0.369 e. The first kappa shape index (κ1) is 17.0. The smallest absolute Gasteiger partial charge is 0.255 e. The molecule has 2 saturated heterocycles. The Balaban J connectivity index is 1.57. The van der Waals surface area contributed by atoms with Crippen LogP contribution in [0.3, 0.4) is 0 Å². The zero-order chi connectivity index (χ0) is 18.3. The number of nitrogens with zero attached hydrogens (tertiary/aromatic N) is 3. The van der Waals surface area contributed by atoms with Crippen LogP contribution in [0.15, 0.2) is 18.2 Å². The van der Waals surface area contributed by atoms with E-state index >= 15 is 0 Å². The van der Waals surface area contributed by atoms with E-state index in [-0.39, 0.29) is 24.1 Å². The van der Waals surface area contributed by atoms with Crippen molar-refractivity contribution in [2.45, 2.75) is 32.4 Å². The Kier molecular flexibility index (Phi) is 4.40. The molecule has 1 aromatic carbocycles. The van der Waals surface area contributed by atoms with E-state index in [1.165, 1.54) is 0 Å². The van der Waals surface area contributed by atoms with E-state index in [1.807, 2.05) is 12.1 Å². The zero-order valence-corrected chi connectivity index (χ0v) is 15.0. The molecule has 138 valence electrons. The Bertz CT molecular complexity index is 755. The van der Waals surface area contributed by atoms with Gasteiger partial charge in [0.15, 0.2) is 0 Å². The molecule has 1 unspecified atom stereocenters. The van der Waals surface area contributed by atoms with Crippen molar-refractivity contribution >= 4 is 23.4 Å². The average Bonchev–Trinajstić information content (AvgIpc) is 2.99. The molecule has 0 aliphatic carbocycles. The van der Waals surface area contributed by atoms with Gasteiger partial charge in [-0.15, -0.1) is 0 Å². The number of likely N-dealkylation sites (N-methyl/N-ethyl adjacent to an activating group) is 1. The molecule has 26 heavy (non-hydrogen) atoms. The quantitative estimate of drug-likeness (QED) is 0.803. The summed E-state index contributed by atoms with van der Waals surface area (Å²) in [5, 5.41) is 2.36. The number of imide groups is 1. The summed E-state index contributed by atoms with van der Waals surface area (Å²) in [6.45, 7) is 7.59. The number of amides is 3. The molecule has 0 bridgehead atoms. The highest BCUT2D eigenvalue weighted by molar-refractivity contribution is 6.06. The lowest BCUT2D eigenvalue weighted by Crippen LogP contribution is -2.52. The van der Waals surface area contributed by atoms with Gasteiger partial charge in [0.1, 0.15) is 6.04 Å². The summed E-state index contributed by atoms with van der Waals surface area (Å²) in [5.41, 5.74) is 2.79. The van der Waals surface area contributed by atoms with Crippen LogP contribution in [0.5, 0.6) is 0 Å². The molecule has 0 radical (unpaired) electrons. The third-order valence-corrected chi connectivity index (χ3v) is 5.72. The molecule has 0 saturated carbocycles. The first-order valence-electron chi connectivity index (χ1n) is 9.32. The molecule has 0 spiro atoms. The number of piperazine rings is 1. The molecule has 0 aromatic heterocycles. The molecule has 1 atom stereocenters. The number of rotatable bonds is 3. The van der Waals surface area contributed by atoms with Gasteiger partial charge in [-0.2, -0.15) is 0 Å². The van der Waals surface area contributed by atoms with Crippen molar-refractivity contribution in [1.29, 1.82) is 0 Å². The summed E-state index contributed by atoms with van der Waals surface area (Å²) in [4.78, 5) is 42.9. The molecule has 2 fully saturated rings. The SMILES string of the molecule is CCN1CCN(c2cccc3c2CN(C2CCC(=O)NC2=O)C3=O)CC1. The highest BCUT2D eigenvalue weighted by Crippen LogP contribution is 2.34. The van der Waals surface area contributed by atoms with E-state index in [9.17, 15) is 14.4 Å². The second-order valence-corrected chi connectivity index (χ2v) is 7.12. The van der Waals surface area contributed by atoms with Crippen molar-refractivity contribution in [3.05, 3.63) is 29.3 Å². The van der Waals surface area contributed by atoms with Crippen LogP contribution in [-0.4, -0.2) is 66.3 Å². The van der Waals surface area contributed by atoms with Crippen LogP contribution in [0.4, 0.5) is 5.69 Å². The van der Waals surface area contributed by atoms with Gasteiger partial charge < -0.3 is 14.7 Å². The summed E-state index contributed by atoms with van der Waals surface area (Å²) in [6.07, 6.45) is 0.678. The largest absolute Gasteiger partial charge is 0.369 e. The third-order valence-electron chi connectivity index (χ3n) is 5.72. The normalized spacial score (nSPS) is 24.0. The van der Waals surface area contributed by atoms with Crippen LogP contribution < -0.4 is 10.2 Å². The van der Waals surface area contributed by atoms with Crippen LogP contribution in [0.25, 0.3) is 0 Å². The molecule has 3 amide bonds. The summed E-state index contributed by atoms with van der Waals surface area (Å²) >= 11 is 0. The lowest BCUT2D eigenvalue weighted by Gasteiger charge is -2.36. The van der Waals surface area contributed by atoms with E-state index in [2.05, 4.69) is 28.1 Å². The second-order valence-electron chi connectivity index (χ2n) is 7.12. The molecule has 1 aromatic rings. The van der Waals surface area contributed by atoms with Gasteiger partial charge in [0, 0.05) is 56.0 Å². The number of carbonyl (C=O) groups excluding carboxylic acids is 3. The van der Waals surface area contributed by atoms with Gasteiger partial charge >= 0.3 is 0 Å². The summed E-state index contributed by atoms with van der Waals surface area (Å²) < 4.78 is 0. The Morgan fingerprint density at radius 2 is 1.88 bits per heavy atom. The van der Waals surface area contributed by atoms with Gasteiger partial charge in [0.25, 0.3) is 5.91 Å². The topological polar surface area (TPSA) is 73.0 Å².